The fourth-order valence-electron chi connectivity index (χ4n) is 1.99. The fourth-order valence-corrected chi connectivity index (χ4v) is 3.16. The lowest BCUT2D eigenvalue weighted by Gasteiger charge is -2.30. The molecule has 1 rings (SSSR count). The van der Waals surface area contributed by atoms with Crippen LogP contribution in [0.3, 0.4) is 0 Å². The second kappa shape index (κ2) is 6.13. The third-order valence-corrected chi connectivity index (χ3v) is 5.04. The number of piperidine rings is 1. The number of rotatable bonds is 5. The smallest absolute Gasteiger partial charge is 0.279 e. The van der Waals surface area contributed by atoms with Crippen molar-refractivity contribution >= 4 is 10.2 Å². The molecule has 2 unspecified atom stereocenters. The third-order valence-electron chi connectivity index (χ3n) is 3.33. The van der Waals surface area contributed by atoms with Crippen LogP contribution >= 0.6 is 0 Å². The van der Waals surface area contributed by atoms with Crippen molar-refractivity contribution in [1.82, 2.24) is 14.3 Å². The van der Waals surface area contributed by atoms with E-state index in [0.29, 0.717) is 12.6 Å². The van der Waals surface area contributed by atoms with Crippen molar-refractivity contribution < 1.29 is 8.42 Å². The Kier molecular flexibility index (Phi) is 5.37. The molecule has 0 amide bonds. The van der Waals surface area contributed by atoms with E-state index in [2.05, 4.69) is 17.0 Å². The van der Waals surface area contributed by atoms with Crippen molar-refractivity contribution in [1.29, 1.82) is 0 Å². The summed E-state index contributed by atoms with van der Waals surface area (Å²) in [6, 6.07) is 0.723. The minimum Gasteiger partial charge on any atom is -0.310 e. The maximum Gasteiger partial charge on any atom is 0.279 e. The molecule has 1 heterocycles. The highest BCUT2D eigenvalue weighted by Crippen LogP contribution is 2.12. The minimum atomic E-state index is -3.33. The van der Waals surface area contributed by atoms with Crippen molar-refractivity contribution in [2.45, 2.75) is 58.2 Å². The van der Waals surface area contributed by atoms with Crippen LogP contribution in [0.1, 0.15) is 40.0 Å². The van der Waals surface area contributed by atoms with Crippen molar-refractivity contribution in [2.24, 2.45) is 0 Å². The van der Waals surface area contributed by atoms with E-state index in [0.717, 1.165) is 6.42 Å². The summed E-state index contributed by atoms with van der Waals surface area (Å²) >= 11 is 0. The van der Waals surface area contributed by atoms with Gasteiger partial charge in [0.25, 0.3) is 10.2 Å². The Morgan fingerprint density at radius 3 is 2.59 bits per heavy atom. The van der Waals surface area contributed by atoms with Gasteiger partial charge in [0.2, 0.25) is 0 Å². The van der Waals surface area contributed by atoms with Gasteiger partial charge >= 0.3 is 0 Å². The van der Waals surface area contributed by atoms with Crippen molar-refractivity contribution in [3.05, 3.63) is 0 Å². The molecule has 1 aliphatic heterocycles. The molecule has 0 saturated carbocycles. The van der Waals surface area contributed by atoms with Gasteiger partial charge in [-0.25, -0.2) is 4.72 Å². The number of hydrogen-bond acceptors (Lipinski definition) is 3. The topological polar surface area (TPSA) is 61.4 Å². The minimum absolute atomic E-state index is 0.0225. The first-order valence-electron chi connectivity index (χ1n) is 6.31. The molecule has 5 nitrogen and oxygen atoms in total. The van der Waals surface area contributed by atoms with E-state index >= 15 is 0 Å². The van der Waals surface area contributed by atoms with Crippen LogP contribution in [0.15, 0.2) is 0 Å². The standard InChI is InChI=1S/C11H25N3O2S/c1-9(2)14(4)17(15,16)12-8-11-7-5-6-10(3)13-11/h9-13H,5-8H2,1-4H3. The van der Waals surface area contributed by atoms with Crippen LogP contribution in [-0.4, -0.2) is 44.4 Å². The molecule has 0 aromatic heterocycles. The summed E-state index contributed by atoms with van der Waals surface area (Å²) in [5.41, 5.74) is 0. The van der Waals surface area contributed by atoms with Crippen LogP contribution in [0.4, 0.5) is 0 Å². The Balaban J connectivity index is 2.44. The van der Waals surface area contributed by atoms with Gasteiger partial charge in [-0.15, -0.1) is 0 Å². The molecule has 0 radical (unpaired) electrons. The quantitative estimate of drug-likeness (QED) is 0.767. The van der Waals surface area contributed by atoms with Gasteiger partial charge in [-0.2, -0.15) is 12.7 Å². The zero-order valence-corrected chi connectivity index (χ0v) is 12.0. The van der Waals surface area contributed by atoms with E-state index < -0.39 is 10.2 Å². The predicted octanol–water partition coefficient (Wildman–Crippen LogP) is 0.692. The molecule has 0 aromatic rings. The van der Waals surface area contributed by atoms with E-state index in [9.17, 15) is 8.42 Å². The number of nitrogens with zero attached hydrogens (tertiary/aromatic N) is 1. The van der Waals surface area contributed by atoms with Gasteiger partial charge in [-0.05, 0) is 33.6 Å². The third kappa shape index (κ3) is 4.54. The van der Waals surface area contributed by atoms with E-state index in [1.54, 1.807) is 7.05 Å². The van der Waals surface area contributed by atoms with Crippen LogP contribution in [-0.2, 0) is 10.2 Å². The molecule has 6 heteroatoms. The number of nitrogens with one attached hydrogen (secondary N) is 2. The lowest BCUT2D eigenvalue weighted by Crippen LogP contribution is -2.50. The second-order valence-electron chi connectivity index (χ2n) is 5.16. The highest BCUT2D eigenvalue weighted by atomic mass is 32.2. The first-order valence-corrected chi connectivity index (χ1v) is 7.75. The van der Waals surface area contributed by atoms with Gasteiger partial charge in [0.15, 0.2) is 0 Å². The molecule has 0 bridgehead atoms. The maximum atomic E-state index is 11.9. The Bertz CT molecular complexity index is 330. The predicted molar refractivity (Wildman–Crippen MR) is 70.1 cm³/mol. The van der Waals surface area contributed by atoms with Crippen LogP contribution in [0, 0.1) is 0 Å². The molecule has 0 aliphatic carbocycles. The zero-order chi connectivity index (χ0) is 13.1. The summed E-state index contributed by atoms with van der Waals surface area (Å²) in [7, 11) is -1.73. The average molecular weight is 263 g/mol. The largest absolute Gasteiger partial charge is 0.310 e. The van der Waals surface area contributed by atoms with Crippen molar-refractivity contribution in [2.75, 3.05) is 13.6 Å². The van der Waals surface area contributed by atoms with Gasteiger partial charge in [0.05, 0.1) is 0 Å². The van der Waals surface area contributed by atoms with Crippen molar-refractivity contribution in [3.8, 4) is 0 Å². The summed E-state index contributed by atoms with van der Waals surface area (Å²) in [4.78, 5) is 0. The summed E-state index contributed by atoms with van der Waals surface area (Å²) in [6.45, 7) is 6.34. The molecular weight excluding hydrogens is 238 g/mol. The van der Waals surface area contributed by atoms with E-state index in [4.69, 9.17) is 0 Å². The SMILES string of the molecule is CC1CCCC(CNS(=O)(=O)N(C)C(C)C)N1. The lowest BCUT2D eigenvalue weighted by molar-refractivity contribution is 0.330. The Labute approximate surface area is 105 Å². The second-order valence-corrected chi connectivity index (χ2v) is 6.97. The first-order chi connectivity index (χ1) is 7.83. The molecule has 1 aliphatic rings. The Hall–Kier alpha value is -0.170. The lowest BCUT2D eigenvalue weighted by atomic mass is 10.00. The van der Waals surface area contributed by atoms with Crippen LogP contribution in [0.5, 0.6) is 0 Å². The molecule has 0 spiro atoms. The summed E-state index contributed by atoms with van der Waals surface area (Å²) < 4.78 is 27.8. The first kappa shape index (κ1) is 14.9. The molecule has 102 valence electrons. The molecule has 2 N–H and O–H groups in total. The monoisotopic (exact) mass is 263 g/mol. The number of hydrogen-bond donors (Lipinski definition) is 2. The summed E-state index contributed by atoms with van der Waals surface area (Å²) in [6.07, 6.45) is 3.38. The fraction of sp³-hybridized carbons (Fsp3) is 1.00. The molecule has 0 aromatic carbocycles. The highest BCUT2D eigenvalue weighted by molar-refractivity contribution is 7.87. The van der Waals surface area contributed by atoms with Gasteiger partial charge in [-0.1, -0.05) is 6.42 Å². The van der Waals surface area contributed by atoms with E-state index in [-0.39, 0.29) is 12.1 Å². The van der Waals surface area contributed by atoms with Gasteiger partial charge in [0, 0.05) is 31.7 Å². The zero-order valence-electron chi connectivity index (χ0n) is 11.2. The van der Waals surface area contributed by atoms with E-state index in [1.807, 2.05) is 13.8 Å². The van der Waals surface area contributed by atoms with E-state index in [1.165, 1.54) is 17.1 Å². The molecule has 2 atom stereocenters. The van der Waals surface area contributed by atoms with Gasteiger partial charge in [-0.3, -0.25) is 0 Å². The molecule has 1 fully saturated rings. The molecule has 17 heavy (non-hydrogen) atoms. The maximum absolute atomic E-state index is 11.9. The Morgan fingerprint density at radius 2 is 2.06 bits per heavy atom. The van der Waals surface area contributed by atoms with Crippen LogP contribution in [0.2, 0.25) is 0 Å². The van der Waals surface area contributed by atoms with Crippen molar-refractivity contribution in [3.63, 3.8) is 0 Å². The molecular formula is C11H25N3O2S. The Morgan fingerprint density at radius 1 is 1.41 bits per heavy atom. The average Bonchev–Trinajstić information content (AvgIpc) is 2.25. The van der Waals surface area contributed by atoms with Crippen LogP contribution in [0.25, 0.3) is 0 Å². The van der Waals surface area contributed by atoms with Crippen LogP contribution < -0.4 is 10.0 Å². The summed E-state index contributed by atoms with van der Waals surface area (Å²) in [5.74, 6) is 0. The van der Waals surface area contributed by atoms with Gasteiger partial charge < -0.3 is 5.32 Å². The van der Waals surface area contributed by atoms with Gasteiger partial charge in [0.1, 0.15) is 0 Å². The normalized spacial score (nSPS) is 26.7. The summed E-state index contributed by atoms with van der Waals surface area (Å²) in [5, 5.41) is 3.41. The highest BCUT2D eigenvalue weighted by Gasteiger charge is 2.23. The molecule has 1 saturated heterocycles.